The van der Waals surface area contributed by atoms with Crippen LogP contribution in [0.3, 0.4) is 0 Å². The molecule has 27 heavy (non-hydrogen) atoms. The highest BCUT2D eigenvalue weighted by molar-refractivity contribution is 7.85. The number of ether oxygens (including phenoxy) is 1. The first-order valence-corrected chi connectivity index (χ1v) is 10.9. The number of unbranched alkanes of at least 4 members (excludes halogenated alkanes) is 6. The number of aryl methyl sites for hydroxylation is 1. The molecule has 0 spiro atoms. The van der Waals surface area contributed by atoms with E-state index in [4.69, 9.17) is 9.29 Å². The number of hydrogen-bond acceptors (Lipinski definition) is 4. The van der Waals surface area contributed by atoms with Gasteiger partial charge in [0.25, 0.3) is 10.1 Å². The van der Waals surface area contributed by atoms with Crippen LogP contribution in [-0.2, 0) is 16.5 Å². The van der Waals surface area contributed by atoms with Crippen LogP contribution in [-0.4, -0.2) is 18.1 Å². The average Bonchev–Trinajstić information content (AvgIpc) is 2.63. The maximum atomic E-state index is 11.2. The maximum absolute atomic E-state index is 11.2. The molecule has 0 aromatic heterocycles. The lowest BCUT2D eigenvalue weighted by Crippen LogP contribution is -1.98. The minimum atomic E-state index is -4.35. The fourth-order valence-electron chi connectivity index (χ4n) is 2.87. The number of rotatable bonds is 11. The van der Waals surface area contributed by atoms with E-state index in [-0.39, 0.29) is 16.4 Å². The zero-order valence-electron chi connectivity index (χ0n) is 15.7. The van der Waals surface area contributed by atoms with Gasteiger partial charge in [-0.05, 0) is 42.7 Å². The Morgan fingerprint density at radius 2 is 1.52 bits per heavy atom. The Balaban J connectivity index is 1.87. The van der Waals surface area contributed by atoms with E-state index >= 15 is 0 Å². The summed E-state index contributed by atoms with van der Waals surface area (Å²) < 4.78 is 37.1. The van der Waals surface area contributed by atoms with Crippen molar-refractivity contribution in [3.63, 3.8) is 0 Å². The normalized spacial score (nSPS) is 11.5. The molecule has 0 atom stereocenters. The third kappa shape index (κ3) is 7.23. The van der Waals surface area contributed by atoms with Gasteiger partial charge in [0.2, 0.25) is 0 Å². The van der Waals surface area contributed by atoms with E-state index in [0.717, 1.165) is 25.0 Å². The molecule has 2 rings (SSSR count). The van der Waals surface area contributed by atoms with Crippen LogP contribution in [0.15, 0.2) is 47.4 Å². The Hall–Kier alpha value is -2.05. The molecule has 0 aliphatic rings. The van der Waals surface area contributed by atoms with E-state index in [0.29, 0.717) is 5.75 Å². The molecule has 148 valence electrons. The fourth-order valence-corrected chi connectivity index (χ4v) is 3.37. The summed E-state index contributed by atoms with van der Waals surface area (Å²) in [5.41, 5.74) is 1.21. The van der Waals surface area contributed by atoms with Gasteiger partial charge in [0.1, 0.15) is 5.75 Å². The molecule has 0 saturated heterocycles. The van der Waals surface area contributed by atoms with Crippen LogP contribution in [0.25, 0.3) is 0 Å². The van der Waals surface area contributed by atoms with Crippen LogP contribution in [0.4, 0.5) is 0 Å². The van der Waals surface area contributed by atoms with Crippen LogP contribution in [0.5, 0.6) is 17.2 Å². The zero-order valence-corrected chi connectivity index (χ0v) is 16.5. The predicted molar refractivity (Wildman–Crippen MR) is 106 cm³/mol. The highest BCUT2D eigenvalue weighted by Crippen LogP contribution is 2.33. The standard InChI is InChI=1S/C21H28O5S/c1-2-3-4-5-6-7-8-9-17-10-12-18(13-11-17)26-21-16-19(27(23,24)25)14-15-20(21)22/h10-16,22H,2-9H2,1H3,(H,23,24,25). The summed E-state index contributed by atoms with van der Waals surface area (Å²) >= 11 is 0. The van der Waals surface area contributed by atoms with Gasteiger partial charge in [0.05, 0.1) is 4.90 Å². The topological polar surface area (TPSA) is 83.8 Å². The van der Waals surface area contributed by atoms with Crippen molar-refractivity contribution in [2.45, 2.75) is 63.2 Å². The van der Waals surface area contributed by atoms with Crippen molar-refractivity contribution >= 4 is 10.1 Å². The Labute approximate surface area is 161 Å². The van der Waals surface area contributed by atoms with Gasteiger partial charge in [-0.3, -0.25) is 4.55 Å². The van der Waals surface area contributed by atoms with Crippen molar-refractivity contribution in [3.8, 4) is 17.2 Å². The molecule has 0 saturated carbocycles. The summed E-state index contributed by atoms with van der Waals surface area (Å²) in [6.45, 7) is 2.22. The summed E-state index contributed by atoms with van der Waals surface area (Å²) in [7, 11) is -4.35. The summed E-state index contributed by atoms with van der Waals surface area (Å²) in [6, 6.07) is 10.9. The fraction of sp³-hybridized carbons (Fsp3) is 0.429. The average molecular weight is 393 g/mol. The molecule has 0 unspecified atom stereocenters. The molecule has 5 nitrogen and oxygen atoms in total. The maximum Gasteiger partial charge on any atom is 0.294 e. The van der Waals surface area contributed by atoms with Gasteiger partial charge in [0, 0.05) is 6.07 Å². The van der Waals surface area contributed by atoms with Gasteiger partial charge in [-0.1, -0.05) is 57.6 Å². The molecule has 2 aromatic carbocycles. The lowest BCUT2D eigenvalue weighted by molar-refractivity contribution is 0.409. The summed E-state index contributed by atoms with van der Waals surface area (Å²) in [5.74, 6) is 0.264. The summed E-state index contributed by atoms with van der Waals surface area (Å²) in [6.07, 6.45) is 9.92. The number of benzene rings is 2. The molecule has 2 N–H and O–H groups in total. The molecule has 0 amide bonds. The van der Waals surface area contributed by atoms with Gasteiger partial charge >= 0.3 is 0 Å². The van der Waals surface area contributed by atoms with Crippen molar-refractivity contribution in [2.75, 3.05) is 0 Å². The first-order chi connectivity index (χ1) is 12.9. The van der Waals surface area contributed by atoms with Crippen molar-refractivity contribution in [3.05, 3.63) is 48.0 Å². The van der Waals surface area contributed by atoms with Gasteiger partial charge in [-0.15, -0.1) is 0 Å². The number of phenolic OH excluding ortho intramolecular Hbond substituents is 1. The van der Waals surface area contributed by atoms with Crippen LogP contribution in [0, 0.1) is 0 Å². The molecule has 0 radical (unpaired) electrons. The molecule has 0 bridgehead atoms. The number of hydrogen-bond donors (Lipinski definition) is 2. The molecule has 6 heteroatoms. The van der Waals surface area contributed by atoms with Crippen LogP contribution < -0.4 is 4.74 Å². The minimum absolute atomic E-state index is 0.0232. The molecule has 0 fully saturated rings. The van der Waals surface area contributed by atoms with Gasteiger partial charge in [0.15, 0.2) is 11.5 Å². The highest BCUT2D eigenvalue weighted by Gasteiger charge is 2.14. The number of aromatic hydroxyl groups is 1. The third-order valence-electron chi connectivity index (χ3n) is 4.45. The smallest absolute Gasteiger partial charge is 0.294 e. The molecular formula is C21H28O5S. The SMILES string of the molecule is CCCCCCCCCc1ccc(Oc2cc(S(=O)(=O)O)ccc2O)cc1. The van der Waals surface area contributed by atoms with E-state index in [2.05, 4.69) is 6.92 Å². The second-order valence-corrected chi connectivity index (χ2v) is 8.14. The lowest BCUT2D eigenvalue weighted by Gasteiger charge is -2.09. The Morgan fingerprint density at radius 3 is 2.15 bits per heavy atom. The van der Waals surface area contributed by atoms with E-state index in [1.807, 2.05) is 12.1 Å². The first-order valence-electron chi connectivity index (χ1n) is 9.47. The Kier molecular flexibility index (Phi) is 8.13. The second-order valence-electron chi connectivity index (χ2n) is 6.72. The predicted octanol–water partition coefficient (Wildman–Crippen LogP) is 5.72. The Morgan fingerprint density at radius 1 is 0.889 bits per heavy atom. The molecule has 0 aliphatic heterocycles. The molecule has 0 aliphatic carbocycles. The van der Waals surface area contributed by atoms with Crippen LogP contribution in [0.1, 0.15) is 57.4 Å². The third-order valence-corrected chi connectivity index (χ3v) is 5.30. The van der Waals surface area contributed by atoms with Crippen molar-refractivity contribution < 1.29 is 22.8 Å². The van der Waals surface area contributed by atoms with E-state index in [1.165, 1.54) is 50.2 Å². The summed E-state index contributed by atoms with van der Waals surface area (Å²) in [4.78, 5) is -0.328. The molecular weight excluding hydrogens is 364 g/mol. The second kappa shape index (κ2) is 10.3. The van der Waals surface area contributed by atoms with E-state index in [9.17, 15) is 13.5 Å². The quantitative estimate of drug-likeness (QED) is 0.377. The minimum Gasteiger partial charge on any atom is -0.504 e. The van der Waals surface area contributed by atoms with Crippen molar-refractivity contribution in [1.29, 1.82) is 0 Å². The zero-order chi connectivity index (χ0) is 19.7. The van der Waals surface area contributed by atoms with Gasteiger partial charge < -0.3 is 9.84 Å². The molecule has 0 heterocycles. The lowest BCUT2D eigenvalue weighted by atomic mass is 10.0. The number of phenols is 1. The van der Waals surface area contributed by atoms with E-state index < -0.39 is 10.1 Å². The van der Waals surface area contributed by atoms with Crippen molar-refractivity contribution in [2.24, 2.45) is 0 Å². The monoisotopic (exact) mass is 392 g/mol. The largest absolute Gasteiger partial charge is 0.504 e. The van der Waals surface area contributed by atoms with Gasteiger partial charge in [-0.25, -0.2) is 0 Å². The van der Waals surface area contributed by atoms with Crippen LogP contribution in [0.2, 0.25) is 0 Å². The van der Waals surface area contributed by atoms with E-state index in [1.54, 1.807) is 12.1 Å². The highest BCUT2D eigenvalue weighted by atomic mass is 32.2. The van der Waals surface area contributed by atoms with Crippen LogP contribution >= 0.6 is 0 Å². The molecule has 2 aromatic rings. The van der Waals surface area contributed by atoms with Crippen molar-refractivity contribution in [1.82, 2.24) is 0 Å². The first kappa shape index (κ1) is 21.3. The Bertz CT molecular complexity index is 813. The van der Waals surface area contributed by atoms with Gasteiger partial charge in [-0.2, -0.15) is 8.42 Å². The summed E-state index contributed by atoms with van der Waals surface area (Å²) in [5, 5.41) is 9.84.